The summed E-state index contributed by atoms with van der Waals surface area (Å²) in [7, 11) is 0. The van der Waals surface area contributed by atoms with E-state index in [4.69, 9.17) is 0 Å². The largest absolute Gasteiger partial charge is 1.00 e. The van der Waals surface area contributed by atoms with E-state index >= 15 is 0 Å². The van der Waals surface area contributed by atoms with Crippen molar-refractivity contribution in [1.82, 2.24) is 0 Å². The molecule has 0 atom stereocenters. The second kappa shape index (κ2) is 17.5. The van der Waals surface area contributed by atoms with Crippen molar-refractivity contribution < 1.29 is 18.9 Å². The Balaban J connectivity index is 0.00000529. The van der Waals surface area contributed by atoms with Gasteiger partial charge in [-0.2, -0.15) is 18.6 Å². The van der Waals surface area contributed by atoms with E-state index in [1.807, 2.05) is 0 Å². The van der Waals surface area contributed by atoms with Crippen molar-refractivity contribution in [3.05, 3.63) is 42.3 Å². The molecular weight excluding hydrogens is 283 g/mol. The van der Waals surface area contributed by atoms with Crippen molar-refractivity contribution in [2.45, 2.75) is 103 Å². The molecule has 1 rings (SSSR count). The molecule has 0 fully saturated rings. The van der Waals surface area contributed by atoms with Crippen LogP contribution in [0.3, 0.4) is 0 Å². The summed E-state index contributed by atoms with van der Waals surface area (Å²) in [6.45, 7) is 6.40. The Morgan fingerprint density at radius 2 is 1.04 bits per heavy atom. The van der Waals surface area contributed by atoms with E-state index in [1.54, 1.807) is 0 Å². The molecule has 0 saturated heterocycles. The molecule has 0 heterocycles. The zero-order chi connectivity index (χ0) is 16.6. The zero-order valence-electron chi connectivity index (χ0n) is 16.6. The molecule has 0 aliphatic carbocycles. The Hall–Kier alpha value is -0.313. The van der Waals surface area contributed by atoms with Crippen LogP contribution >= 0.6 is 0 Å². The number of rotatable bonds is 15. The molecule has 132 valence electrons. The minimum absolute atomic E-state index is 0. The zero-order valence-corrected chi connectivity index (χ0v) is 16.6. The quantitative estimate of drug-likeness (QED) is 0.245. The standard InChI is InChI=1S/C23H39.Li/c1-3-4-5-6-7-8-9-10-11-12-13-14-15-16-20-23-21-18-17-19-22(23)2;/h17-19,21H,2-16,20H2,1H3;/q-1;+1. The van der Waals surface area contributed by atoms with Gasteiger partial charge in [0.15, 0.2) is 0 Å². The molecule has 1 heteroatoms. The van der Waals surface area contributed by atoms with E-state index in [0.717, 1.165) is 0 Å². The third-order valence-corrected chi connectivity index (χ3v) is 4.92. The van der Waals surface area contributed by atoms with Crippen LogP contribution in [0.15, 0.2) is 24.3 Å². The third-order valence-electron chi connectivity index (χ3n) is 4.92. The van der Waals surface area contributed by atoms with E-state index < -0.39 is 0 Å². The van der Waals surface area contributed by atoms with Gasteiger partial charge in [0.25, 0.3) is 0 Å². The number of hydrogen-bond donors (Lipinski definition) is 0. The van der Waals surface area contributed by atoms with Gasteiger partial charge in [0.05, 0.1) is 0 Å². The molecule has 1 aromatic carbocycles. The SMILES string of the molecule is [CH2-]c1ccccc1CCCCCCCCCCCCCCCC.[Li+]. The van der Waals surface area contributed by atoms with Gasteiger partial charge in [-0.15, -0.1) is 17.7 Å². The van der Waals surface area contributed by atoms with Crippen molar-refractivity contribution in [2.75, 3.05) is 0 Å². The average Bonchev–Trinajstić information content (AvgIpc) is 2.57. The Kier molecular flexibility index (Phi) is 17.3. The van der Waals surface area contributed by atoms with Crippen LogP contribution in [0.1, 0.15) is 108 Å². The molecule has 0 radical (unpaired) electrons. The first kappa shape index (κ1) is 23.7. The van der Waals surface area contributed by atoms with Gasteiger partial charge in [-0.3, -0.25) is 0 Å². The van der Waals surface area contributed by atoms with Crippen molar-refractivity contribution in [1.29, 1.82) is 0 Å². The average molecular weight is 323 g/mol. The molecule has 0 bridgehead atoms. The molecule has 0 saturated carbocycles. The van der Waals surface area contributed by atoms with E-state index in [0.29, 0.717) is 0 Å². The fraction of sp³-hybridized carbons (Fsp3) is 0.696. The number of aryl methyl sites for hydroxylation is 1. The number of unbranched alkanes of at least 4 members (excludes halogenated alkanes) is 13. The summed E-state index contributed by atoms with van der Waals surface area (Å²) >= 11 is 0. The number of benzene rings is 1. The molecule has 0 N–H and O–H groups in total. The van der Waals surface area contributed by atoms with Crippen LogP contribution in [0.4, 0.5) is 0 Å². The van der Waals surface area contributed by atoms with Crippen molar-refractivity contribution in [2.24, 2.45) is 0 Å². The van der Waals surface area contributed by atoms with Gasteiger partial charge in [0, 0.05) is 0 Å². The van der Waals surface area contributed by atoms with Crippen LogP contribution in [0, 0.1) is 6.92 Å². The summed E-state index contributed by atoms with van der Waals surface area (Å²) in [6, 6.07) is 8.56. The van der Waals surface area contributed by atoms with Crippen molar-refractivity contribution in [3.8, 4) is 0 Å². The fourth-order valence-corrected chi connectivity index (χ4v) is 3.31. The van der Waals surface area contributed by atoms with Gasteiger partial charge in [-0.25, -0.2) is 0 Å². The fourth-order valence-electron chi connectivity index (χ4n) is 3.31. The van der Waals surface area contributed by atoms with Crippen LogP contribution in [0.25, 0.3) is 0 Å². The first-order chi connectivity index (χ1) is 11.3. The Morgan fingerprint density at radius 3 is 1.50 bits per heavy atom. The summed E-state index contributed by atoms with van der Waals surface area (Å²) in [5.74, 6) is 0. The van der Waals surface area contributed by atoms with Crippen LogP contribution < -0.4 is 18.9 Å². The Labute approximate surface area is 164 Å². The molecule has 0 spiro atoms. The normalized spacial score (nSPS) is 10.5. The van der Waals surface area contributed by atoms with Gasteiger partial charge >= 0.3 is 18.9 Å². The minimum atomic E-state index is 0. The molecular formula is C23H39Li. The molecule has 0 aliphatic rings. The van der Waals surface area contributed by atoms with Crippen molar-refractivity contribution in [3.63, 3.8) is 0 Å². The maximum Gasteiger partial charge on any atom is 1.00 e. The van der Waals surface area contributed by atoms with E-state index in [-0.39, 0.29) is 18.9 Å². The second-order valence-electron chi connectivity index (χ2n) is 7.11. The topological polar surface area (TPSA) is 0 Å². The predicted octanol–water partition coefficient (Wildman–Crippen LogP) is 4.90. The van der Waals surface area contributed by atoms with Gasteiger partial charge in [-0.05, 0) is 0 Å². The molecule has 24 heavy (non-hydrogen) atoms. The summed E-state index contributed by atoms with van der Waals surface area (Å²) in [6.07, 6.45) is 21.2. The summed E-state index contributed by atoms with van der Waals surface area (Å²) in [4.78, 5) is 0. The Bertz CT molecular complexity index is 372. The predicted molar refractivity (Wildman–Crippen MR) is 105 cm³/mol. The second-order valence-corrected chi connectivity index (χ2v) is 7.11. The third kappa shape index (κ3) is 13.0. The maximum absolute atomic E-state index is 4.11. The van der Waals surface area contributed by atoms with Gasteiger partial charge in [0.1, 0.15) is 0 Å². The minimum Gasteiger partial charge on any atom is -0.198 e. The smallest absolute Gasteiger partial charge is 0.198 e. The first-order valence-corrected chi connectivity index (χ1v) is 10.2. The summed E-state index contributed by atoms with van der Waals surface area (Å²) in [5, 5.41) is 0. The van der Waals surface area contributed by atoms with E-state index in [1.165, 1.54) is 107 Å². The van der Waals surface area contributed by atoms with Crippen LogP contribution in [-0.4, -0.2) is 0 Å². The molecule has 0 amide bonds. The van der Waals surface area contributed by atoms with Gasteiger partial charge < -0.3 is 0 Å². The Morgan fingerprint density at radius 1 is 0.625 bits per heavy atom. The molecule has 0 aliphatic heterocycles. The van der Waals surface area contributed by atoms with Crippen LogP contribution in [0.5, 0.6) is 0 Å². The monoisotopic (exact) mass is 322 g/mol. The van der Waals surface area contributed by atoms with Crippen molar-refractivity contribution >= 4 is 0 Å². The molecule has 0 nitrogen and oxygen atoms in total. The van der Waals surface area contributed by atoms with Crippen LogP contribution in [0.2, 0.25) is 0 Å². The van der Waals surface area contributed by atoms with Gasteiger partial charge in [0.2, 0.25) is 0 Å². The first-order valence-electron chi connectivity index (χ1n) is 10.2. The number of hydrogen-bond acceptors (Lipinski definition) is 0. The summed E-state index contributed by atoms with van der Waals surface area (Å²) in [5.41, 5.74) is 2.65. The van der Waals surface area contributed by atoms with E-state index in [2.05, 4.69) is 38.1 Å². The van der Waals surface area contributed by atoms with Gasteiger partial charge in [-0.1, -0.05) is 109 Å². The van der Waals surface area contributed by atoms with Crippen LogP contribution in [-0.2, 0) is 6.42 Å². The molecule has 0 aromatic heterocycles. The molecule has 1 aromatic rings. The maximum atomic E-state index is 4.11. The van der Waals surface area contributed by atoms with E-state index in [9.17, 15) is 0 Å². The molecule has 0 unspecified atom stereocenters. The summed E-state index contributed by atoms with van der Waals surface area (Å²) < 4.78 is 0.